The third-order valence-electron chi connectivity index (χ3n) is 3.93. The van der Waals surface area contributed by atoms with Gasteiger partial charge in [0, 0.05) is 25.2 Å². The second-order valence-corrected chi connectivity index (χ2v) is 7.43. The molecule has 5 heteroatoms. The third-order valence-corrected chi connectivity index (χ3v) is 3.93. The number of nitrogens with one attached hydrogen (secondary N) is 1. The van der Waals surface area contributed by atoms with Crippen molar-refractivity contribution in [2.45, 2.75) is 46.5 Å². The highest BCUT2D eigenvalue weighted by Crippen LogP contribution is 2.28. The lowest BCUT2D eigenvalue weighted by Crippen LogP contribution is -2.31. The third kappa shape index (κ3) is 4.98. The minimum absolute atomic E-state index is 0.0195. The van der Waals surface area contributed by atoms with E-state index in [1.165, 1.54) is 6.42 Å². The number of nitrogens with zero attached hydrogens (tertiary/aromatic N) is 1. The molecule has 2 rings (SSSR count). The molecule has 2 amide bonds. The van der Waals surface area contributed by atoms with E-state index >= 15 is 0 Å². The smallest absolute Gasteiger partial charge is 0.250 e. The molecule has 126 valence electrons. The molecule has 0 unspecified atom stereocenters. The molecule has 0 spiro atoms. The normalized spacial score (nSPS) is 15.3. The fourth-order valence-corrected chi connectivity index (χ4v) is 2.90. The van der Waals surface area contributed by atoms with Gasteiger partial charge in [-0.15, -0.1) is 0 Å². The number of rotatable bonds is 4. The second-order valence-electron chi connectivity index (χ2n) is 7.43. The lowest BCUT2D eigenvalue weighted by molar-refractivity contribution is -0.117. The molecule has 5 nitrogen and oxygen atoms in total. The van der Waals surface area contributed by atoms with E-state index in [2.05, 4.69) is 10.2 Å². The van der Waals surface area contributed by atoms with Crippen LogP contribution < -0.4 is 16.0 Å². The maximum Gasteiger partial charge on any atom is 0.250 e. The fourth-order valence-electron chi connectivity index (χ4n) is 2.90. The van der Waals surface area contributed by atoms with Gasteiger partial charge in [0.05, 0.1) is 11.3 Å². The Bertz CT molecular complexity index is 584. The highest BCUT2D eigenvalue weighted by atomic mass is 16.2. The lowest BCUT2D eigenvalue weighted by Gasteiger charge is -2.30. The van der Waals surface area contributed by atoms with Crippen LogP contribution in [0, 0.1) is 5.41 Å². The van der Waals surface area contributed by atoms with E-state index in [0.717, 1.165) is 31.6 Å². The minimum atomic E-state index is -0.432. The number of nitrogens with two attached hydrogens (primary N) is 1. The summed E-state index contributed by atoms with van der Waals surface area (Å²) in [5.41, 5.74) is 7.49. The number of benzene rings is 1. The van der Waals surface area contributed by atoms with E-state index < -0.39 is 5.91 Å². The molecule has 1 fully saturated rings. The highest BCUT2D eigenvalue weighted by Gasteiger charge is 2.19. The quantitative estimate of drug-likeness (QED) is 0.895. The Kier molecular flexibility index (Phi) is 5.29. The van der Waals surface area contributed by atoms with Crippen LogP contribution in [0.3, 0.4) is 0 Å². The van der Waals surface area contributed by atoms with Crippen LogP contribution in [0.25, 0.3) is 0 Å². The molecule has 1 aliphatic rings. The number of hydrogen-bond acceptors (Lipinski definition) is 3. The van der Waals surface area contributed by atoms with Crippen molar-refractivity contribution in [2.75, 3.05) is 23.3 Å². The van der Waals surface area contributed by atoms with Crippen LogP contribution in [0.4, 0.5) is 11.4 Å². The average molecular weight is 317 g/mol. The molecule has 1 aromatic rings. The zero-order chi connectivity index (χ0) is 17.0. The summed E-state index contributed by atoms with van der Waals surface area (Å²) in [6.45, 7) is 7.92. The Morgan fingerprint density at radius 3 is 2.39 bits per heavy atom. The Morgan fingerprint density at radius 2 is 1.83 bits per heavy atom. The SMILES string of the molecule is CC(C)(C)CC(=O)Nc1ccc(C(N)=O)c(N2CCCCC2)c1. The van der Waals surface area contributed by atoms with Crippen LogP contribution in [0.5, 0.6) is 0 Å². The van der Waals surface area contributed by atoms with Gasteiger partial charge in [-0.2, -0.15) is 0 Å². The summed E-state index contributed by atoms with van der Waals surface area (Å²) < 4.78 is 0. The average Bonchev–Trinajstić information content (AvgIpc) is 2.45. The predicted molar refractivity (Wildman–Crippen MR) is 93.7 cm³/mol. The molecule has 0 atom stereocenters. The molecule has 0 bridgehead atoms. The summed E-state index contributed by atoms with van der Waals surface area (Å²) in [5, 5.41) is 2.93. The topological polar surface area (TPSA) is 75.4 Å². The van der Waals surface area contributed by atoms with Crippen molar-refractivity contribution in [3.63, 3.8) is 0 Å². The summed E-state index contributed by atoms with van der Waals surface area (Å²) in [7, 11) is 0. The van der Waals surface area contributed by atoms with Crippen molar-refractivity contribution in [1.29, 1.82) is 0 Å². The monoisotopic (exact) mass is 317 g/mol. The molecule has 0 radical (unpaired) electrons. The van der Waals surface area contributed by atoms with E-state index in [9.17, 15) is 9.59 Å². The standard InChI is InChI=1S/C18H27N3O2/c1-18(2,3)12-16(22)20-13-7-8-14(17(19)23)15(11-13)21-9-5-4-6-10-21/h7-8,11H,4-6,9-10,12H2,1-3H3,(H2,19,23)(H,20,22). The maximum absolute atomic E-state index is 12.1. The van der Waals surface area contributed by atoms with Crippen LogP contribution in [-0.2, 0) is 4.79 Å². The first-order chi connectivity index (χ1) is 10.8. The van der Waals surface area contributed by atoms with E-state index in [1.807, 2.05) is 26.8 Å². The van der Waals surface area contributed by atoms with Gasteiger partial charge in [0.25, 0.3) is 5.91 Å². The van der Waals surface area contributed by atoms with Gasteiger partial charge in [-0.25, -0.2) is 0 Å². The Hall–Kier alpha value is -2.04. The number of piperidine rings is 1. The number of carbonyl (C=O) groups is 2. The van der Waals surface area contributed by atoms with Crippen molar-refractivity contribution >= 4 is 23.2 Å². The zero-order valence-corrected chi connectivity index (χ0v) is 14.3. The van der Waals surface area contributed by atoms with Gasteiger partial charge in [0.2, 0.25) is 5.91 Å². The molecule has 1 aromatic carbocycles. The Labute approximate surface area is 138 Å². The number of anilines is 2. The van der Waals surface area contributed by atoms with Crippen molar-refractivity contribution in [3.8, 4) is 0 Å². The first-order valence-corrected chi connectivity index (χ1v) is 8.25. The first-order valence-electron chi connectivity index (χ1n) is 8.25. The maximum atomic E-state index is 12.1. The lowest BCUT2D eigenvalue weighted by atomic mass is 9.92. The Morgan fingerprint density at radius 1 is 1.17 bits per heavy atom. The van der Waals surface area contributed by atoms with Gasteiger partial charge in [-0.05, 0) is 42.9 Å². The van der Waals surface area contributed by atoms with Crippen molar-refractivity contribution in [1.82, 2.24) is 0 Å². The largest absolute Gasteiger partial charge is 0.371 e. The number of primary amides is 1. The molecule has 0 saturated carbocycles. The van der Waals surface area contributed by atoms with Crippen LogP contribution >= 0.6 is 0 Å². The molecule has 1 saturated heterocycles. The van der Waals surface area contributed by atoms with Crippen LogP contribution in [0.2, 0.25) is 0 Å². The molecule has 0 aromatic heterocycles. The fraction of sp³-hybridized carbons (Fsp3) is 0.556. The van der Waals surface area contributed by atoms with Crippen LogP contribution in [0.1, 0.15) is 56.8 Å². The van der Waals surface area contributed by atoms with E-state index in [4.69, 9.17) is 5.73 Å². The summed E-state index contributed by atoms with van der Waals surface area (Å²) in [4.78, 5) is 26.0. The van der Waals surface area contributed by atoms with Crippen LogP contribution in [-0.4, -0.2) is 24.9 Å². The van der Waals surface area contributed by atoms with Crippen molar-refractivity contribution in [3.05, 3.63) is 23.8 Å². The molecular weight excluding hydrogens is 290 g/mol. The number of amides is 2. The van der Waals surface area contributed by atoms with Gasteiger partial charge < -0.3 is 16.0 Å². The van der Waals surface area contributed by atoms with Crippen molar-refractivity contribution in [2.24, 2.45) is 11.1 Å². The molecule has 1 heterocycles. The minimum Gasteiger partial charge on any atom is -0.371 e. The van der Waals surface area contributed by atoms with Crippen molar-refractivity contribution < 1.29 is 9.59 Å². The van der Waals surface area contributed by atoms with Gasteiger partial charge in [0.15, 0.2) is 0 Å². The molecule has 23 heavy (non-hydrogen) atoms. The second kappa shape index (κ2) is 7.02. The molecule has 1 aliphatic heterocycles. The van der Waals surface area contributed by atoms with Gasteiger partial charge in [0.1, 0.15) is 0 Å². The molecule has 0 aliphatic carbocycles. The predicted octanol–water partition coefficient (Wildman–Crippen LogP) is 3.15. The Balaban J connectivity index is 2.22. The first kappa shape index (κ1) is 17.3. The van der Waals surface area contributed by atoms with Crippen LogP contribution in [0.15, 0.2) is 18.2 Å². The molecular formula is C18H27N3O2. The number of carbonyl (C=O) groups excluding carboxylic acids is 2. The summed E-state index contributed by atoms with van der Waals surface area (Å²) in [6.07, 6.45) is 3.88. The van der Waals surface area contributed by atoms with E-state index in [0.29, 0.717) is 17.7 Å². The summed E-state index contributed by atoms with van der Waals surface area (Å²) >= 11 is 0. The number of hydrogen-bond donors (Lipinski definition) is 2. The van der Waals surface area contributed by atoms with Gasteiger partial charge in [-0.1, -0.05) is 20.8 Å². The highest BCUT2D eigenvalue weighted by molar-refractivity contribution is 6.00. The summed E-state index contributed by atoms with van der Waals surface area (Å²) in [6, 6.07) is 5.32. The van der Waals surface area contributed by atoms with Gasteiger partial charge in [-0.3, -0.25) is 9.59 Å². The molecule has 3 N–H and O–H groups in total. The summed E-state index contributed by atoms with van der Waals surface area (Å²) in [5.74, 6) is -0.452. The zero-order valence-electron chi connectivity index (χ0n) is 14.3. The van der Waals surface area contributed by atoms with Gasteiger partial charge >= 0.3 is 0 Å². The van der Waals surface area contributed by atoms with E-state index in [1.54, 1.807) is 12.1 Å². The van der Waals surface area contributed by atoms with E-state index in [-0.39, 0.29) is 11.3 Å².